The van der Waals surface area contributed by atoms with E-state index in [9.17, 15) is 9.59 Å². The van der Waals surface area contributed by atoms with Crippen molar-refractivity contribution in [3.8, 4) is 0 Å². The molecule has 0 saturated carbocycles. The van der Waals surface area contributed by atoms with Crippen molar-refractivity contribution in [2.45, 2.75) is 11.8 Å². The molecular weight excluding hydrogens is 335 g/mol. The molecule has 1 aliphatic heterocycles. The molecule has 0 N–H and O–H groups in total. The summed E-state index contributed by atoms with van der Waals surface area (Å²) in [5.41, 5.74) is 0.325. The Morgan fingerprint density at radius 3 is 2.71 bits per heavy atom. The van der Waals surface area contributed by atoms with E-state index >= 15 is 0 Å². The maximum absolute atomic E-state index is 12.7. The maximum atomic E-state index is 12.7. The summed E-state index contributed by atoms with van der Waals surface area (Å²) in [7, 11) is 0. The first-order valence-corrected chi connectivity index (χ1v) is 7.13. The predicted molar refractivity (Wildman–Crippen MR) is 84.4 cm³/mol. The number of benzene rings is 1. The van der Waals surface area contributed by atoms with Gasteiger partial charge in [-0.2, -0.15) is 5.10 Å². The average molecular weight is 346 g/mol. The van der Waals surface area contributed by atoms with Crippen molar-refractivity contribution in [2.24, 2.45) is 5.10 Å². The van der Waals surface area contributed by atoms with Gasteiger partial charge in [0.1, 0.15) is 0 Å². The third kappa shape index (κ3) is 2.59. The van der Waals surface area contributed by atoms with Gasteiger partial charge in [-0.1, -0.05) is 40.9 Å². The number of halogens is 3. The highest BCUT2D eigenvalue weighted by Crippen LogP contribution is 2.34. The highest BCUT2D eigenvalue weighted by molar-refractivity contribution is 6.61. The number of carbonyl (C=O) groups is 2. The summed E-state index contributed by atoms with van der Waals surface area (Å²) in [6.07, 6.45) is 1.50. The van der Waals surface area contributed by atoms with Crippen molar-refractivity contribution in [3.05, 3.63) is 46.5 Å². The number of hydrazone groups is 1. The Kier molecular flexibility index (Phi) is 4.42. The van der Waals surface area contributed by atoms with Gasteiger partial charge < -0.3 is 0 Å². The molecule has 1 atom stereocenters. The Bertz CT molecular complexity index is 672. The second kappa shape index (κ2) is 5.79. The van der Waals surface area contributed by atoms with E-state index in [1.807, 2.05) is 0 Å². The number of rotatable bonds is 4. The fourth-order valence-electron chi connectivity index (χ4n) is 1.99. The molecule has 0 saturated heterocycles. The first kappa shape index (κ1) is 16.0. The van der Waals surface area contributed by atoms with Gasteiger partial charge in [0.05, 0.1) is 17.3 Å². The summed E-state index contributed by atoms with van der Waals surface area (Å²) >= 11 is 18.1. The van der Waals surface area contributed by atoms with Crippen LogP contribution in [0.4, 0.5) is 0 Å². The van der Waals surface area contributed by atoms with Crippen LogP contribution in [-0.2, 0) is 4.79 Å². The van der Waals surface area contributed by atoms with Crippen molar-refractivity contribution in [1.82, 2.24) is 5.01 Å². The lowest BCUT2D eigenvalue weighted by atomic mass is 9.92. The Morgan fingerprint density at radius 2 is 2.14 bits per heavy atom. The second-order valence-corrected chi connectivity index (χ2v) is 5.88. The van der Waals surface area contributed by atoms with Crippen LogP contribution in [0.25, 0.3) is 0 Å². The summed E-state index contributed by atoms with van der Waals surface area (Å²) in [5.74, 6) is -1.23. The van der Waals surface area contributed by atoms with E-state index in [-0.39, 0.29) is 22.8 Å². The fraction of sp³-hybridized carbons (Fsp3) is 0.214. The van der Waals surface area contributed by atoms with Gasteiger partial charge in [-0.3, -0.25) is 9.59 Å². The number of ketones is 1. The SMILES string of the molecule is C=CCN1N=C(C)C(Cl)(C(=O)c2ccc(Cl)cc2Cl)C1=O. The van der Waals surface area contributed by atoms with Gasteiger partial charge in [-0.15, -0.1) is 6.58 Å². The van der Waals surface area contributed by atoms with Gasteiger partial charge in [0.15, 0.2) is 0 Å². The quantitative estimate of drug-likeness (QED) is 0.362. The van der Waals surface area contributed by atoms with Crippen molar-refractivity contribution in [3.63, 3.8) is 0 Å². The molecule has 1 amide bonds. The highest BCUT2D eigenvalue weighted by Gasteiger charge is 2.54. The first-order valence-electron chi connectivity index (χ1n) is 5.99. The Hall–Kier alpha value is -1.36. The molecule has 0 bridgehead atoms. The van der Waals surface area contributed by atoms with Crippen molar-refractivity contribution >= 4 is 52.2 Å². The summed E-state index contributed by atoms with van der Waals surface area (Å²) in [6, 6.07) is 4.37. The van der Waals surface area contributed by atoms with Crippen LogP contribution in [0.5, 0.6) is 0 Å². The minimum absolute atomic E-state index is 0.124. The Balaban J connectivity index is 2.45. The molecule has 4 nitrogen and oxygen atoms in total. The largest absolute Gasteiger partial charge is 0.291 e. The van der Waals surface area contributed by atoms with Gasteiger partial charge in [-0.25, -0.2) is 5.01 Å². The molecule has 1 heterocycles. The van der Waals surface area contributed by atoms with Crippen LogP contribution >= 0.6 is 34.8 Å². The van der Waals surface area contributed by atoms with Crippen molar-refractivity contribution in [1.29, 1.82) is 0 Å². The van der Waals surface area contributed by atoms with Crippen molar-refractivity contribution in [2.75, 3.05) is 6.54 Å². The molecule has 7 heteroatoms. The zero-order valence-corrected chi connectivity index (χ0v) is 13.3. The molecule has 0 radical (unpaired) electrons. The smallest absolute Gasteiger partial charge is 0.278 e. The molecule has 0 spiro atoms. The van der Waals surface area contributed by atoms with E-state index in [0.717, 1.165) is 5.01 Å². The van der Waals surface area contributed by atoms with Crippen LogP contribution in [-0.4, -0.2) is 33.8 Å². The zero-order valence-electron chi connectivity index (χ0n) is 11.1. The van der Waals surface area contributed by atoms with Gasteiger partial charge in [0, 0.05) is 10.6 Å². The van der Waals surface area contributed by atoms with Gasteiger partial charge in [0.2, 0.25) is 10.7 Å². The van der Waals surface area contributed by atoms with Crippen LogP contribution < -0.4 is 0 Å². The lowest BCUT2D eigenvalue weighted by Crippen LogP contribution is -2.47. The molecule has 0 aliphatic carbocycles. The van der Waals surface area contributed by atoms with Gasteiger partial charge >= 0.3 is 0 Å². The Labute approximate surface area is 137 Å². The third-order valence-corrected chi connectivity index (χ3v) is 4.24. The minimum atomic E-state index is -1.87. The lowest BCUT2D eigenvalue weighted by molar-refractivity contribution is -0.129. The monoisotopic (exact) mass is 344 g/mol. The zero-order chi connectivity index (χ0) is 15.8. The fourth-order valence-corrected chi connectivity index (χ4v) is 2.73. The Morgan fingerprint density at radius 1 is 1.48 bits per heavy atom. The van der Waals surface area contributed by atoms with Gasteiger partial charge in [-0.05, 0) is 25.1 Å². The van der Waals surface area contributed by atoms with E-state index in [1.165, 1.54) is 31.2 Å². The number of hydrogen-bond acceptors (Lipinski definition) is 3. The molecule has 1 aromatic carbocycles. The summed E-state index contributed by atoms with van der Waals surface area (Å²) in [6.45, 7) is 5.23. The molecule has 1 unspecified atom stereocenters. The lowest BCUT2D eigenvalue weighted by Gasteiger charge is -2.20. The molecule has 2 rings (SSSR count). The molecule has 0 fully saturated rings. The number of carbonyl (C=O) groups excluding carboxylic acids is 2. The molecular formula is C14H11Cl3N2O2. The maximum Gasteiger partial charge on any atom is 0.278 e. The topological polar surface area (TPSA) is 49.7 Å². The van der Waals surface area contributed by atoms with Crippen LogP contribution in [0.1, 0.15) is 17.3 Å². The number of hydrogen-bond donors (Lipinski definition) is 0. The summed E-state index contributed by atoms with van der Waals surface area (Å²) in [5, 5.41) is 5.64. The molecule has 1 aromatic rings. The molecule has 110 valence electrons. The van der Waals surface area contributed by atoms with Crippen LogP contribution in [0.3, 0.4) is 0 Å². The molecule has 1 aliphatic rings. The van der Waals surface area contributed by atoms with E-state index in [1.54, 1.807) is 0 Å². The van der Waals surface area contributed by atoms with Crippen LogP contribution in [0.2, 0.25) is 10.0 Å². The summed E-state index contributed by atoms with van der Waals surface area (Å²) < 4.78 is 0. The van der Waals surface area contributed by atoms with Crippen molar-refractivity contribution < 1.29 is 9.59 Å². The minimum Gasteiger partial charge on any atom is -0.291 e. The first-order chi connectivity index (χ1) is 9.82. The number of alkyl halides is 1. The van der Waals surface area contributed by atoms with E-state index < -0.39 is 16.6 Å². The van der Waals surface area contributed by atoms with E-state index in [2.05, 4.69) is 11.7 Å². The van der Waals surface area contributed by atoms with Crippen LogP contribution in [0.15, 0.2) is 36.0 Å². The number of nitrogens with zero attached hydrogens (tertiary/aromatic N) is 2. The molecule has 0 aromatic heterocycles. The molecule has 21 heavy (non-hydrogen) atoms. The second-order valence-electron chi connectivity index (χ2n) is 4.47. The number of Topliss-reactive ketones (excluding diaryl/α,β-unsaturated/α-hetero) is 1. The van der Waals surface area contributed by atoms with Crippen LogP contribution in [0, 0.1) is 0 Å². The average Bonchev–Trinajstić information content (AvgIpc) is 2.64. The van der Waals surface area contributed by atoms with E-state index in [4.69, 9.17) is 34.8 Å². The highest BCUT2D eigenvalue weighted by atomic mass is 35.5. The predicted octanol–water partition coefficient (Wildman–Crippen LogP) is 3.56. The van der Waals surface area contributed by atoms with Gasteiger partial charge in [0.25, 0.3) is 5.91 Å². The van der Waals surface area contributed by atoms with E-state index in [0.29, 0.717) is 5.02 Å². The third-order valence-electron chi connectivity index (χ3n) is 3.09. The number of amides is 1. The standard InChI is InChI=1S/C14H11Cl3N2O2/c1-3-6-19-13(21)14(17,8(2)18-19)12(20)10-5-4-9(15)7-11(10)16/h3-5,7H,1,6H2,2H3. The summed E-state index contributed by atoms with van der Waals surface area (Å²) in [4.78, 5) is 23.1. The normalized spacial score (nSPS) is 21.4.